The highest BCUT2D eigenvalue weighted by atomic mass is 35.5. The van der Waals surface area contributed by atoms with Crippen molar-refractivity contribution >= 4 is 27.3 Å². The summed E-state index contributed by atoms with van der Waals surface area (Å²) in [5.74, 6) is -0.228. The molecule has 94 valence electrons. The van der Waals surface area contributed by atoms with Crippen molar-refractivity contribution in [2.45, 2.75) is 43.2 Å². The first-order valence-corrected chi connectivity index (χ1v) is 7.72. The van der Waals surface area contributed by atoms with Crippen LogP contribution in [0.25, 0.3) is 0 Å². The molecule has 0 bridgehead atoms. The van der Waals surface area contributed by atoms with Crippen LogP contribution < -0.4 is 5.32 Å². The molecule has 1 fully saturated rings. The Balaban J connectivity index is 2.46. The summed E-state index contributed by atoms with van der Waals surface area (Å²) in [6.45, 7) is 2.28. The van der Waals surface area contributed by atoms with E-state index in [2.05, 4.69) is 5.32 Å². The predicted octanol–water partition coefficient (Wildman–Crippen LogP) is 1.09. The van der Waals surface area contributed by atoms with Crippen LogP contribution in [0.2, 0.25) is 0 Å². The van der Waals surface area contributed by atoms with E-state index in [1.54, 1.807) is 0 Å². The van der Waals surface area contributed by atoms with E-state index in [0.29, 0.717) is 25.8 Å². The molecule has 0 radical (unpaired) electrons. The van der Waals surface area contributed by atoms with Gasteiger partial charge in [0.1, 0.15) is 5.25 Å². The Kier molecular flexibility index (Phi) is 5.05. The molecule has 1 rings (SSSR count). The molecule has 0 aromatic rings. The predicted molar refractivity (Wildman–Crippen MR) is 64.4 cm³/mol. The number of hydrogen-bond acceptors (Lipinski definition) is 3. The van der Waals surface area contributed by atoms with Gasteiger partial charge in [0, 0.05) is 11.9 Å². The summed E-state index contributed by atoms with van der Waals surface area (Å²) in [5.41, 5.74) is 0. The molecular weight excluding hydrogens is 250 g/mol. The number of carbonyl (C=O) groups is 1. The SMILES string of the molecule is CC(Cl)CCNC(=O)C1CCCCS1(=O)=O. The lowest BCUT2D eigenvalue weighted by molar-refractivity contribution is -0.120. The second-order valence-electron chi connectivity index (χ2n) is 4.21. The number of rotatable bonds is 4. The van der Waals surface area contributed by atoms with Crippen LogP contribution in [0.4, 0.5) is 0 Å². The van der Waals surface area contributed by atoms with Crippen LogP contribution in [-0.2, 0) is 14.6 Å². The van der Waals surface area contributed by atoms with Gasteiger partial charge in [-0.15, -0.1) is 11.6 Å². The molecule has 1 amide bonds. The largest absolute Gasteiger partial charge is 0.355 e. The number of nitrogens with one attached hydrogen (secondary N) is 1. The molecule has 0 aliphatic carbocycles. The van der Waals surface area contributed by atoms with Gasteiger partial charge in [-0.1, -0.05) is 6.42 Å². The molecule has 2 unspecified atom stereocenters. The normalized spacial score (nSPS) is 26.0. The molecule has 2 atom stereocenters. The van der Waals surface area contributed by atoms with E-state index in [1.165, 1.54) is 0 Å². The highest BCUT2D eigenvalue weighted by molar-refractivity contribution is 7.92. The average molecular weight is 268 g/mol. The summed E-state index contributed by atoms with van der Waals surface area (Å²) in [5, 5.41) is 1.79. The lowest BCUT2D eigenvalue weighted by Gasteiger charge is -2.21. The summed E-state index contributed by atoms with van der Waals surface area (Å²) < 4.78 is 23.3. The Morgan fingerprint density at radius 2 is 2.19 bits per heavy atom. The lowest BCUT2D eigenvalue weighted by atomic mass is 10.2. The Bertz CT molecular complexity index is 340. The Hall–Kier alpha value is -0.290. The third-order valence-electron chi connectivity index (χ3n) is 2.71. The average Bonchev–Trinajstić information content (AvgIpc) is 2.16. The van der Waals surface area contributed by atoms with E-state index in [1.807, 2.05) is 6.92 Å². The van der Waals surface area contributed by atoms with Crippen molar-refractivity contribution in [3.63, 3.8) is 0 Å². The van der Waals surface area contributed by atoms with Crippen molar-refractivity contribution in [3.8, 4) is 0 Å². The van der Waals surface area contributed by atoms with E-state index in [-0.39, 0.29) is 17.0 Å². The van der Waals surface area contributed by atoms with Crippen molar-refractivity contribution in [2.24, 2.45) is 0 Å². The molecule has 16 heavy (non-hydrogen) atoms. The zero-order chi connectivity index (χ0) is 12.2. The van der Waals surface area contributed by atoms with Gasteiger partial charge in [-0.2, -0.15) is 0 Å². The number of carbonyl (C=O) groups excluding carboxylic acids is 1. The smallest absolute Gasteiger partial charge is 0.238 e. The molecule has 1 aliphatic heterocycles. The van der Waals surface area contributed by atoms with Crippen LogP contribution in [0.1, 0.15) is 32.6 Å². The standard InChI is InChI=1S/C10H18ClNO3S/c1-8(11)5-6-12-10(13)9-4-2-3-7-16(9,14)15/h8-9H,2-7H2,1H3,(H,12,13). The zero-order valence-corrected chi connectivity index (χ0v) is 11.0. The molecule has 0 spiro atoms. The molecule has 0 saturated carbocycles. The van der Waals surface area contributed by atoms with Crippen molar-refractivity contribution < 1.29 is 13.2 Å². The molecule has 4 nitrogen and oxygen atoms in total. The quantitative estimate of drug-likeness (QED) is 0.776. The summed E-state index contributed by atoms with van der Waals surface area (Å²) in [7, 11) is -3.22. The van der Waals surface area contributed by atoms with Crippen molar-refractivity contribution in [3.05, 3.63) is 0 Å². The van der Waals surface area contributed by atoms with Crippen LogP contribution in [0.5, 0.6) is 0 Å². The Labute approximate surface area is 102 Å². The van der Waals surface area contributed by atoms with E-state index in [4.69, 9.17) is 11.6 Å². The highest BCUT2D eigenvalue weighted by Gasteiger charge is 2.34. The third-order valence-corrected chi connectivity index (χ3v) is 5.11. The third kappa shape index (κ3) is 3.94. The van der Waals surface area contributed by atoms with Gasteiger partial charge < -0.3 is 5.32 Å². The molecule has 0 aromatic heterocycles. The fraction of sp³-hybridized carbons (Fsp3) is 0.900. The maximum atomic E-state index is 11.7. The van der Waals surface area contributed by atoms with Gasteiger partial charge in [-0.25, -0.2) is 8.42 Å². The number of alkyl halides is 1. The van der Waals surface area contributed by atoms with Crippen molar-refractivity contribution in [1.82, 2.24) is 5.32 Å². The van der Waals surface area contributed by atoms with Crippen LogP contribution >= 0.6 is 11.6 Å². The zero-order valence-electron chi connectivity index (χ0n) is 9.41. The van der Waals surface area contributed by atoms with Crippen LogP contribution in [0.15, 0.2) is 0 Å². The molecule has 0 aromatic carbocycles. The minimum Gasteiger partial charge on any atom is -0.355 e. The Morgan fingerprint density at radius 3 is 2.75 bits per heavy atom. The van der Waals surface area contributed by atoms with Crippen LogP contribution in [-0.4, -0.2) is 37.2 Å². The molecular formula is C10H18ClNO3S. The minimum absolute atomic E-state index is 0.0109. The first-order valence-electron chi connectivity index (χ1n) is 5.57. The van der Waals surface area contributed by atoms with Crippen molar-refractivity contribution in [2.75, 3.05) is 12.3 Å². The molecule has 6 heteroatoms. The van der Waals surface area contributed by atoms with Gasteiger partial charge in [0.25, 0.3) is 0 Å². The van der Waals surface area contributed by atoms with E-state index in [9.17, 15) is 13.2 Å². The number of halogens is 1. The van der Waals surface area contributed by atoms with Crippen LogP contribution in [0.3, 0.4) is 0 Å². The monoisotopic (exact) mass is 267 g/mol. The maximum absolute atomic E-state index is 11.7. The molecule has 1 heterocycles. The maximum Gasteiger partial charge on any atom is 0.238 e. The summed E-state index contributed by atoms with van der Waals surface area (Å²) in [6.07, 6.45) is 2.58. The van der Waals surface area contributed by atoms with Gasteiger partial charge in [0.05, 0.1) is 5.75 Å². The molecule has 1 saturated heterocycles. The lowest BCUT2D eigenvalue weighted by Crippen LogP contribution is -2.43. The highest BCUT2D eigenvalue weighted by Crippen LogP contribution is 2.19. The summed E-state index contributed by atoms with van der Waals surface area (Å²) in [4.78, 5) is 11.7. The summed E-state index contributed by atoms with van der Waals surface area (Å²) >= 11 is 5.73. The first kappa shape index (κ1) is 13.8. The second kappa shape index (κ2) is 5.87. The summed E-state index contributed by atoms with van der Waals surface area (Å²) in [6, 6.07) is 0. The fourth-order valence-corrected chi connectivity index (χ4v) is 3.69. The van der Waals surface area contributed by atoms with Gasteiger partial charge in [-0.3, -0.25) is 4.79 Å². The van der Waals surface area contributed by atoms with Gasteiger partial charge in [-0.05, 0) is 26.2 Å². The first-order chi connectivity index (χ1) is 7.43. The van der Waals surface area contributed by atoms with E-state index >= 15 is 0 Å². The molecule has 1 N–H and O–H groups in total. The van der Waals surface area contributed by atoms with E-state index < -0.39 is 15.1 Å². The van der Waals surface area contributed by atoms with Gasteiger partial charge in [0.2, 0.25) is 5.91 Å². The topological polar surface area (TPSA) is 63.2 Å². The number of amides is 1. The molecule has 1 aliphatic rings. The van der Waals surface area contributed by atoms with Crippen LogP contribution in [0, 0.1) is 0 Å². The van der Waals surface area contributed by atoms with Gasteiger partial charge in [0.15, 0.2) is 9.84 Å². The minimum atomic E-state index is -3.22. The fourth-order valence-electron chi connectivity index (χ4n) is 1.76. The Morgan fingerprint density at radius 1 is 1.50 bits per heavy atom. The number of sulfone groups is 1. The number of hydrogen-bond donors (Lipinski definition) is 1. The van der Waals surface area contributed by atoms with Gasteiger partial charge >= 0.3 is 0 Å². The van der Waals surface area contributed by atoms with E-state index in [0.717, 1.165) is 6.42 Å². The second-order valence-corrected chi connectivity index (χ2v) is 7.26. The van der Waals surface area contributed by atoms with Crippen molar-refractivity contribution in [1.29, 1.82) is 0 Å².